The highest BCUT2D eigenvalue weighted by Gasteiger charge is 2.05. The van der Waals surface area contributed by atoms with E-state index in [1.165, 1.54) is 0 Å². The number of aromatic nitrogens is 1. The van der Waals surface area contributed by atoms with Crippen LogP contribution in [0.1, 0.15) is 5.69 Å². The number of fused-ring (bicyclic) bond motifs is 1. The van der Waals surface area contributed by atoms with Crippen LogP contribution in [0, 0.1) is 5.41 Å². The lowest BCUT2D eigenvalue weighted by Gasteiger charge is -2.03. The molecule has 1 aromatic heterocycles. The van der Waals surface area contributed by atoms with Gasteiger partial charge in [-0.1, -0.05) is 29.3 Å². The largest absolute Gasteiger partial charge is 0.382 e. The van der Waals surface area contributed by atoms with Crippen LogP contribution in [0.25, 0.3) is 10.9 Å². The van der Waals surface area contributed by atoms with Gasteiger partial charge >= 0.3 is 0 Å². The van der Waals surface area contributed by atoms with Crippen LogP contribution in [-0.4, -0.2) is 10.8 Å². The second kappa shape index (κ2) is 4.87. The van der Waals surface area contributed by atoms with Gasteiger partial charge < -0.3 is 5.73 Å². The normalized spacial score (nSPS) is 9.88. The van der Waals surface area contributed by atoms with Gasteiger partial charge in [0.1, 0.15) is 11.5 Å². The van der Waals surface area contributed by atoms with Crippen LogP contribution in [0.2, 0.25) is 10.0 Å². The number of nitrogens with zero attached hydrogens (tertiary/aromatic N) is 1. The van der Waals surface area contributed by atoms with Crippen molar-refractivity contribution < 1.29 is 0 Å². The van der Waals surface area contributed by atoms with E-state index in [4.69, 9.17) is 34.3 Å². The Balaban J connectivity index is 0.00000128. The third-order valence-corrected chi connectivity index (χ3v) is 2.49. The molecule has 84 valence electrons. The molecule has 0 aliphatic rings. The Bertz CT molecular complexity index is 554. The van der Waals surface area contributed by atoms with Crippen LogP contribution < -0.4 is 5.73 Å². The maximum Gasteiger partial charge on any atom is 0.141 e. The van der Waals surface area contributed by atoms with Gasteiger partial charge in [0.25, 0.3) is 0 Å². The summed E-state index contributed by atoms with van der Waals surface area (Å²) < 4.78 is 0. The lowest BCUT2D eigenvalue weighted by Crippen LogP contribution is -2.12. The third kappa shape index (κ3) is 2.38. The minimum absolute atomic E-state index is 0. The second-order valence-corrected chi connectivity index (χ2v) is 3.91. The Labute approximate surface area is 108 Å². The topological polar surface area (TPSA) is 62.8 Å². The molecule has 6 heteroatoms. The Morgan fingerprint density at radius 1 is 1.25 bits per heavy atom. The van der Waals surface area contributed by atoms with E-state index in [1.54, 1.807) is 24.3 Å². The molecule has 16 heavy (non-hydrogen) atoms. The molecule has 0 spiro atoms. The van der Waals surface area contributed by atoms with E-state index in [0.29, 0.717) is 21.3 Å². The monoisotopic (exact) mass is 275 g/mol. The number of benzene rings is 1. The lowest BCUT2D eigenvalue weighted by molar-refractivity contribution is 1.31. The van der Waals surface area contributed by atoms with E-state index >= 15 is 0 Å². The van der Waals surface area contributed by atoms with Crippen LogP contribution in [0.15, 0.2) is 24.3 Å². The number of nitrogens with one attached hydrogen (secondary N) is 1. The Morgan fingerprint density at radius 2 is 1.94 bits per heavy atom. The molecule has 0 amide bonds. The first-order chi connectivity index (χ1) is 7.08. The highest BCUT2D eigenvalue weighted by Crippen LogP contribution is 2.26. The number of nitrogen functional groups attached to an aromatic ring is 1. The molecule has 0 aliphatic heterocycles. The third-order valence-electron chi connectivity index (χ3n) is 1.99. The van der Waals surface area contributed by atoms with Crippen molar-refractivity contribution in [1.29, 1.82) is 5.41 Å². The standard InChI is InChI=1S/C10H7Cl2N3.ClH/c11-6-3-5-1-2-8(10(13)14)15-9(5)7(12)4-6;/h1-4H,(H3,13,14);1H. The summed E-state index contributed by atoms with van der Waals surface area (Å²) in [5.74, 6) is -0.0806. The van der Waals surface area contributed by atoms with Crippen molar-refractivity contribution in [2.45, 2.75) is 0 Å². The SMILES string of the molecule is Cl.N=C(N)c1ccc2cc(Cl)cc(Cl)c2n1. The first-order valence-electron chi connectivity index (χ1n) is 4.18. The molecular formula is C10H8Cl3N3. The molecule has 3 nitrogen and oxygen atoms in total. The quantitative estimate of drug-likeness (QED) is 0.620. The van der Waals surface area contributed by atoms with Gasteiger partial charge in [0, 0.05) is 10.4 Å². The minimum Gasteiger partial charge on any atom is -0.382 e. The van der Waals surface area contributed by atoms with Gasteiger partial charge in [-0.05, 0) is 18.2 Å². The van der Waals surface area contributed by atoms with Crippen molar-refractivity contribution in [3.63, 3.8) is 0 Å². The molecule has 3 N–H and O–H groups in total. The van der Waals surface area contributed by atoms with Gasteiger partial charge in [0.2, 0.25) is 0 Å². The van der Waals surface area contributed by atoms with Crippen molar-refractivity contribution in [1.82, 2.24) is 4.98 Å². The number of hydrogen-bond donors (Lipinski definition) is 2. The van der Waals surface area contributed by atoms with Gasteiger partial charge in [-0.2, -0.15) is 0 Å². The summed E-state index contributed by atoms with van der Waals surface area (Å²) in [5, 5.41) is 9.12. The second-order valence-electron chi connectivity index (χ2n) is 3.07. The van der Waals surface area contributed by atoms with Crippen molar-refractivity contribution in [3.05, 3.63) is 40.0 Å². The fraction of sp³-hybridized carbons (Fsp3) is 0. The Kier molecular flexibility index (Phi) is 3.97. The van der Waals surface area contributed by atoms with Crippen molar-refractivity contribution in [2.24, 2.45) is 5.73 Å². The maximum absolute atomic E-state index is 7.27. The van der Waals surface area contributed by atoms with Crippen molar-refractivity contribution in [2.75, 3.05) is 0 Å². The highest BCUT2D eigenvalue weighted by atomic mass is 35.5. The summed E-state index contributed by atoms with van der Waals surface area (Å²) in [4.78, 5) is 4.18. The van der Waals surface area contributed by atoms with E-state index in [2.05, 4.69) is 4.98 Å². The predicted molar refractivity (Wildman–Crippen MR) is 70.0 cm³/mol. The molecule has 1 heterocycles. The molecule has 0 unspecified atom stereocenters. The summed E-state index contributed by atoms with van der Waals surface area (Å²) in [5.41, 5.74) is 6.35. The number of halogens is 3. The first-order valence-corrected chi connectivity index (χ1v) is 4.94. The van der Waals surface area contributed by atoms with Crippen LogP contribution in [-0.2, 0) is 0 Å². The first kappa shape index (κ1) is 13.0. The van der Waals surface area contributed by atoms with Crippen LogP contribution in [0.4, 0.5) is 0 Å². The summed E-state index contributed by atoms with van der Waals surface area (Å²) >= 11 is 11.8. The number of amidine groups is 1. The fourth-order valence-electron chi connectivity index (χ4n) is 1.31. The van der Waals surface area contributed by atoms with Crippen LogP contribution in [0.5, 0.6) is 0 Å². The smallest absolute Gasteiger partial charge is 0.141 e. The Morgan fingerprint density at radius 3 is 2.56 bits per heavy atom. The van der Waals surface area contributed by atoms with Crippen molar-refractivity contribution >= 4 is 52.3 Å². The molecule has 0 fully saturated rings. The molecule has 0 bridgehead atoms. The molecule has 1 aromatic carbocycles. The molecular weight excluding hydrogens is 268 g/mol. The van der Waals surface area contributed by atoms with E-state index < -0.39 is 0 Å². The molecule has 0 radical (unpaired) electrons. The van der Waals surface area contributed by atoms with Gasteiger partial charge in [0.15, 0.2) is 0 Å². The maximum atomic E-state index is 7.27. The Hall–Kier alpha value is -1.03. The van der Waals surface area contributed by atoms with Crippen LogP contribution >= 0.6 is 35.6 Å². The fourth-order valence-corrected chi connectivity index (χ4v) is 1.86. The molecule has 2 rings (SSSR count). The number of nitrogens with two attached hydrogens (primary N) is 1. The summed E-state index contributed by atoms with van der Waals surface area (Å²) in [6.45, 7) is 0. The average molecular weight is 277 g/mol. The highest BCUT2D eigenvalue weighted by molar-refractivity contribution is 6.38. The minimum atomic E-state index is -0.0806. The lowest BCUT2D eigenvalue weighted by atomic mass is 10.2. The molecule has 2 aromatic rings. The molecule has 0 atom stereocenters. The number of pyridine rings is 1. The van der Waals surface area contributed by atoms with E-state index in [0.717, 1.165) is 5.39 Å². The van der Waals surface area contributed by atoms with E-state index in [1.807, 2.05) is 0 Å². The number of rotatable bonds is 1. The zero-order valence-corrected chi connectivity index (χ0v) is 10.3. The summed E-state index contributed by atoms with van der Waals surface area (Å²) in [6.07, 6.45) is 0. The van der Waals surface area contributed by atoms with E-state index in [9.17, 15) is 0 Å². The van der Waals surface area contributed by atoms with Gasteiger partial charge in [0.05, 0.1) is 10.5 Å². The summed E-state index contributed by atoms with van der Waals surface area (Å²) in [7, 11) is 0. The molecule has 0 saturated carbocycles. The van der Waals surface area contributed by atoms with E-state index in [-0.39, 0.29) is 18.2 Å². The predicted octanol–water partition coefficient (Wildman–Crippen LogP) is 3.25. The van der Waals surface area contributed by atoms with Gasteiger partial charge in [-0.25, -0.2) is 4.98 Å². The van der Waals surface area contributed by atoms with Gasteiger partial charge in [-0.3, -0.25) is 5.41 Å². The summed E-state index contributed by atoms with van der Waals surface area (Å²) in [6, 6.07) is 6.83. The zero-order chi connectivity index (χ0) is 11.0. The number of hydrogen-bond acceptors (Lipinski definition) is 2. The molecule has 0 saturated heterocycles. The van der Waals surface area contributed by atoms with Gasteiger partial charge in [-0.15, -0.1) is 12.4 Å². The average Bonchev–Trinajstić information content (AvgIpc) is 2.16. The molecule has 0 aliphatic carbocycles. The van der Waals surface area contributed by atoms with Crippen molar-refractivity contribution in [3.8, 4) is 0 Å². The zero-order valence-electron chi connectivity index (χ0n) is 8.00. The van der Waals surface area contributed by atoms with Crippen LogP contribution in [0.3, 0.4) is 0 Å².